The fraction of sp³-hybridized carbons (Fsp3) is 0.348. The number of allylic oxidation sites excluding steroid dienone is 1. The molecule has 0 aliphatic rings. The minimum absolute atomic E-state index is 0.734. The van der Waals surface area contributed by atoms with E-state index in [4.69, 9.17) is 21.0 Å². The molecule has 2 aromatic heterocycles. The Bertz CT molecular complexity index is 920. The third kappa shape index (κ3) is 5.14. The van der Waals surface area contributed by atoms with E-state index in [0.717, 1.165) is 65.9 Å². The summed E-state index contributed by atoms with van der Waals surface area (Å²) < 4.78 is 8.00. The van der Waals surface area contributed by atoms with Crippen LogP contribution in [0.1, 0.15) is 55.3 Å². The number of aromatic nitrogens is 2. The van der Waals surface area contributed by atoms with Crippen LogP contribution in [-0.4, -0.2) is 9.55 Å². The first-order valence-corrected chi connectivity index (χ1v) is 9.95. The van der Waals surface area contributed by atoms with Crippen molar-refractivity contribution < 1.29 is 4.42 Å². The van der Waals surface area contributed by atoms with Crippen molar-refractivity contribution >= 4 is 17.7 Å². The van der Waals surface area contributed by atoms with Gasteiger partial charge in [-0.05, 0) is 50.1 Å². The highest BCUT2D eigenvalue weighted by Crippen LogP contribution is 2.21. The highest BCUT2D eigenvalue weighted by molar-refractivity contribution is 6.31. The molecule has 2 heterocycles. The SMILES string of the molecule is CCCCc1ncc(/C=C(\C)Cc2ccc(C)o2)n1Cc1ccccc1Cl. The monoisotopic (exact) mass is 382 g/mol. The number of unbranched alkanes of at least 4 members (excludes halogenated alkanes) is 1. The molecule has 0 spiro atoms. The summed E-state index contributed by atoms with van der Waals surface area (Å²) in [6.45, 7) is 7.05. The zero-order chi connectivity index (χ0) is 19.2. The van der Waals surface area contributed by atoms with Crippen molar-refractivity contribution in [3.63, 3.8) is 0 Å². The van der Waals surface area contributed by atoms with Crippen molar-refractivity contribution in [3.05, 3.63) is 81.8 Å². The summed E-state index contributed by atoms with van der Waals surface area (Å²) in [6.07, 6.45) is 8.24. The van der Waals surface area contributed by atoms with E-state index in [1.54, 1.807) is 0 Å². The molecule has 0 saturated heterocycles. The maximum absolute atomic E-state index is 6.40. The fourth-order valence-electron chi connectivity index (χ4n) is 3.22. The molecule has 3 nitrogen and oxygen atoms in total. The predicted octanol–water partition coefficient (Wildman–Crippen LogP) is 6.47. The maximum Gasteiger partial charge on any atom is 0.109 e. The lowest BCUT2D eigenvalue weighted by Gasteiger charge is -2.12. The van der Waals surface area contributed by atoms with Gasteiger partial charge in [-0.3, -0.25) is 0 Å². The van der Waals surface area contributed by atoms with Gasteiger partial charge in [0.05, 0.1) is 18.4 Å². The van der Waals surface area contributed by atoms with Crippen molar-refractivity contribution in [2.45, 2.75) is 53.0 Å². The van der Waals surface area contributed by atoms with E-state index >= 15 is 0 Å². The van der Waals surface area contributed by atoms with Gasteiger partial charge in [0.25, 0.3) is 0 Å². The molecule has 0 amide bonds. The number of hydrogen-bond acceptors (Lipinski definition) is 2. The van der Waals surface area contributed by atoms with Crippen molar-refractivity contribution in [2.24, 2.45) is 0 Å². The zero-order valence-corrected chi connectivity index (χ0v) is 17.1. The molecule has 0 aliphatic carbocycles. The molecule has 4 heteroatoms. The van der Waals surface area contributed by atoms with Crippen LogP contribution in [-0.2, 0) is 19.4 Å². The standard InChI is InChI=1S/C23H27ClN2O/c1-4-5-10-23-25-15-20(13-17(2)14-21-12-11-18(3)27-21)26(23)16-19-8-6-7-9-22(19)24/h6-9,11-13,15H,4-5,10,14,16H2,1-3H3/b17-13+. The number of imidazole rings is 1. The number of hydrogen-bond donors (Lipinski definition) is 0. The van der Waals surface area contributed by atoms with E-state index in [1.807, 2.05) is 43.5 Å². The van der Waals surface area contributed by atoms with Gasteiger partial charge in [-0.1, -0.05) is 48.7 Å². The van der Waals surface area contributed by atoms with Gasteiger partial charge in [0.2, 0.25) is 0 Å². The largest absolute Gasteiger partial charge is 0.466 e. The molecule has 0 aliphatic heterocycles. The Morgan fingerprint density at radius 1 is 1.22 bits per heavy atom. The molecule has 3 rings (SSSR count). The highest BCUT2D eigenvalue weighted by Gasteiger charge is 2.11. The van der Waals surface area contributed by atoms with Gasteiger partial charge in [-0.15, -0.1) is 0 Å². The van der Waals surface area contributed by atoms with Crippen LogP contribution in [0.15, 0.2) is 52.6 Å². The van der Waals surface area contributed by atoms with Crippen LogP contribution in [0.4, 0.5) is 0 Å². The Labute approximate surface area is 166 Å². The molecule has 0 atom stereocenters. The average molecular weight is 383 g/mol. The number of furan rings is 1. The summed E-state index contributed by atoms with van der Waals surface area (Å²) in [5.74, 6) is 3.05. The van der Waals surface area contributed by atoms with Crippen molar-refractivity contribution in [2.75, 3.05) is 0 Å². The summed E-state index contributed by atoms with van der Waals surface area (Å²) in [5.41, 5.74) is 3.47. The fourth-order valence-corrected chi connectivity index (χ4v) is 3.41. The van der Waals surface area contributed by atoms with Crippen LogP contribution in [0, 0.1) is 6.92 Å². The van der Waals surface area contributed by atoms with Gasteiger partial charge in [-0.25, -0.2) is 4.98 Å². The summed E-state index contributed by atoms with van der Waals surface area (Å²) in [6, 6.07) is 12.1. The van der Waals surface area contributed by atoms with Crippen molar-refractivity contribution in [1.29, 1.82) is 0 Å². The Hall–Kier alpha value is -2.26. The smallest absolute Gasteiger partial charge is 0.109 e. The first-order valence-electron chi connectivity index (χ1n) is 9.57. The summed E-state index contributed by atoms with van der Waals surface area (Å²) in [7, 11) is 0. The molecule has 0 fully saturated rings. The normalized spacial score (nSPS) is 11.9. The molecule has 142 valence electrons. The number of halogens is 1. The number of rotatable bonds is 8. The summed E-state index contributed by atoms with van der Waals surface area (Å²) in [5, 5.41) is 0.797. The van der Waals surface area contributed by atoms with E-state index in [0.29, 0.717) is 0 Å². The quantitative estimate of drug-likeness (QED) is 0.446. The molecule has 0 N–H and O–H groups in total. The molecule has 3 aromatic rings. The molecule has 0 radical (unpaired) electrons. The van der Waals surface area contributed by atoms with Gasteiger partial charge in [0.15, 0.2) is 0 Å². The second kappa shape index (κ2) is 9.09. The van der Waals surface area contributed by atoms with E-state index in [2.05, 4.69) is 30.6 Å². The highest BCUT2D eigenvalue weighted by atomic mass is 35.5. The molecular weight excluding hydrogens is 356 g/mol. The number of aryl methyl sites for hydroxylation is 2. The Kier molecular flexibility index (Phi) is 6.57. The van der Waals surface area contributed by atoms with Crippen LogP contribution >= 0.6 is 11.6 Å². The van der Waals surface area contributed by atoms with Crippen LogP contribution < -0.4 is 0 Å². The topological polar surface area (TPSA) is 31.0 Å². The van der Waals surface area contributed by atoms with Gasteiger partial charge < -0.3 is 8.98 Å². The lowest BCUT2D eigenvalue weighted by molar-refractivity contribution is 0.492. The van der Waals surface area contributed by atoms with Gasteiger partial charge >= 0.3 is 0 Å². The molecule has 0 unspecified atom stereocenters. The second-order valence-electron chi connectivity index (χ2n) is 7.06. The number of nitrogens with zero attached hydrogens (tertiary/aromatic N) is 2. The Balaban J connectivity index is 1.88. The van der Waals surface area contributed by atoms with E-state index < -0.39 is 0 Å². The first kappa shape index (κ1) is 19.5. The maximum atomic E-state index is 6.40. The predicted molar refractivity (Wildman–Crippen MR) is 112 cm³/mol. The molecule has 0 saturated carbocycles. The minimum Gasteiger partial charge on any atom is -0.466 e. The lowest BCUT2D eigenvalue weighted by atomic mass is 10.1. The van der Waals surface area contributed by atoms with Gasteiger partial charge in [0, 0.05) is 17.9 Å². The van der Waals surface area contributed by atoms with Crippen LogP contribution in [0.25, 0.3) is 6.08 Å². The summed E-state index contributed by atoms with van der Waals surface area (Å²) >= 11 is 6.40. The molecule has 0 bridgehead atoms. The van der Waals surface area contributed by atoms with Gasteiger partial charge in [0.1, 0.15) is 17.3 Å². The first-order chi connectivity index (χ1) is 13.1. The van der Waals surface area contributed by atoms with E-state index in [9.17, 15) is 0 Å². The van der Waals surface area contributed by atoms with Crippen LogP contribution in [0.2, 0.25) is 5.02 Å². The van der Waals surface area contributed by atoms with Crippen LogP contribution in [0.3, 0.4) is 0 Å². The van der Waals surface area contributed by atoms with Crippen molar-refractivity contribution in [3.8, 4) is 0 Å². The van der Waals surface area contributed by atoms with E-state index in [-0.39, 0.29) is 0 Å². The Morgan fingerprint density at radius 3 is 2.74 bits per heavy atom. The average Bonchev–Trinajstić information content (AvgIpc) is 3.21. The Morgan fingerprint density at radius 2 is 2.04 bits per heavy atom. The van der Waals surface area contributed by atoms with Gasteiger partial charge in [-0.2, -0.15) is 0 Å². The minimum atomic E-state index is 0.734. The number of benzene rings is 1. The van der Waals surface area contributed by atoms with Crippen molar-refractivity contribution in [1.82, 2.24) is 9.55 Å². The second-order valence-corrected chi connectivity index (χ2v) is 7.47. The molecular formula is C23H27ClN2O. The molecule has 1 aromatic carbocycles. The van der Waals surface area contributed by atoms with E-state index in [1.165, 1.54) is 5.57 Å². The third-order valence-corrected chi connectivity index (χ3v) is 5.02. The zero-order valence-electron chi connectivity index (χ0n) is 16.3. The molecule has 27 heavy (non-hydrogen) atoms. The summed E-state index contributed by atoms with van der Waals surface area (Å²) in [4.78, 5) is 4.70. The van der Waals surface area contributed by atoms with Crippen LogP contribution in [0.5, 0.6) is 0 Å². The third-order valence-electron chi connectivity index (χ3n) is 4.65. The lowest BCUT2D eigenvalue weighted by Crippen LogP contribution is -2.08.